The lowest BCUT2D eigenvalue weighted by Crippen LogP contribution is -2.02. The summed E-state index contributed by atoms with van der Waals surface area (Å²) in [5, 5.41) is 4.60. The Morgan fingerprint density at radius 2 is 0.917 bits per heavy atom. The van der Waals surface area contributed by atoms with Gasteiger partial charge in [-0.3, -0.25) is 9.59 Å². The predicted molar refractivity (Wildman–Crippen MR) is 202 cm³/mol. The summed E-state index contributed by atoms with van der Waals surface area (Å²) < 4.78 is 5.05. The second-order valence-electron chi connectivity index (χ2n) is 13.1. The highest BCUT2D eigenvalue weighted by Gasteiger charge is 2.28. The van der Waals surface area contributed by atoms with E-state index in [0.29, 0.717) is 11.1 Å². The number of unbranched alkanes of at least 4 members (excludes halogenated alkanes) is 6. The predicted octanol–water partition coefficient (Wildman–Crippen LogP) is 12.0. The lowest BCUT2D eigenvalue weighted by atomic mass is 9.89. The van der Waals surface area contributed by atoms with Crippen molar-refractivity contribution in [3.8, 4) is 22.3 Å². The lowest BCUT2D eigenvalue weighted by molar-refractivity contribution is 0.111. The van der Waals surface area contributed by atoms with Crippen molar-refractivity contribution >= 4 is 56.2 Å². The molecule has 0 amide bonds. The fourth-order valence-electron chi connectivity index (χ4n) is 7.78. The SMILES string of the molecule is CCCCCCn1c2ccc(C=O)cc2c2c(-c3ccccc3)c3c(c(-c4ccccc4)c21)c1cc(C=O)ccc1n3CCCCCC. The van der Waals surface area contributed by atoms with Gasteiger partial charge < -0.3 is 9.13 Å². The summed E-state index contributed by atoms with van der Waals surface area (Å²) in [5.41, 5.74) is 10.8. The Hall–Kier alpha value is -4.96. The Labute approximate surface area is 283 Å². The van der Waals surface area contributed by atoms with Gasteiger partial charge in [0.2, 0.25) is 0 Å². The Morgan fingerprint density at radius 1 is 0.500 bits per heavy atom. The van der Waals surface area contributed by atoms with E-state index in [1.807, 2.05) is 12.1 Å². The Balaban J connectivity index is 1.75. The molecule has 2 aromatic heterocycles. The molecule has 0 aliphatic carbocycles. The fraction of sp³-hybridized carbons (Fsp3) is 0.273. The van der Waals surface area contributed by atoms with Crippen molar-refractivity contribution in [1.29, 1.82) is 0 Å². The van der Waals surface area contributed by atoms with Crippen LogP contribution in [-0.2, 0) is 13.1 Å². The van der Waals surface area contributed by atoms with Gasteiger partial charge in [-0.05, 0) is 60.4 Å². The highest BCUT2D eigenvalue weighted by Crippen LogP contribution is 2.51. The molecule has 7 aromatic rings. The molecule has 0 aliphatic rings. The maximum Gasteiger partial charge on any atom is 0.150 e. The normalized spacial score (nSPS) is 11.7. The lowest BCUT2D eigenvalue weighted by Gasteiger charge is -2.18. The molecular formula is C44H44N2O2. The number of hydrogen-bond donors (Lipinski definition) is 0. The molecule has 0 bridgehead atoms. The molecule has 4 heteroatoms. The highest BCUT2D eigenvalue weighted by molar-refractivity contribution is 6.32. The molecule has 0 saturated heterocycles. The van der Waals surface area contributed by atoms with Crippen LogP contribution in [0.15, 0.2) is 97.1 Å². The van der Waals surface area contributed by atoms with Crippen LogP contribution in [0.3, 0.4) is 0 Å². The topological polar surface area (TPSA) is 44.0 Å². The van der Waals surface area contributed by atoms with Crippen LogP contribution < -0.4 is 0 Å². The second kappa shape index (κ2) is 14.0. The van der Waals surface area contributed by atoms with E-state index >= 15 is 0 Å². The van der Waals surface area contributed by atoms with Gasteiger partial charge in [-0.2, -0.15) is 0 Å². The average Bonchev–Trinajstić information content (AvgIpc) is 3.63. The summed E-state index contributed by atoms with van der Waals surface area (Å²) in [4.78, 5) is 24.5. The highest BCUT2D eigenvalue weighted by atomic mass is 16.1. The molecule has 5 aromatic carbocycles. The van der Waals surface area contributed by atoms with E-state index in [1.165, 1.54) is 58.6 Å². The zero-order valence-electron chi connectivity index (χ0n) is 28.2. The number of aromatic nitrogens is 2. The van der Waals surface area contributed by atoms with Crippen LogP contribution in [-0.4, -0.2) is 21.7 Å². The number of rotatable bonds is 14. The quantitative estimate of drug-likeness (QED) is 0.0884. The molecule has 7 rings (SSSR count). The largest absolute Gasteiger partial charge is 0.340 e. The van der Waals surface area contributed by atoms with E-state index in [-0.39, 0.29) is 0 Å². The molecule has 0 atom stereocenters. The standard InChI is InChI=1S/C44H44N2O2/c1-3-5-7-15-25-45-37-23-21-31(29-47)27-35(37)41-40(34-19-13-10-14-20-34)44-42(39(43(41)45)33-17-11-9-12-18-33)36-28-32(30-48)22-24-38(36)46(44)26-16-8-6-4-2/h9-14,17-24,27-30H,3-8,15-16,25-26H2,1-2H3. The first-order chi connectivity index (χ1) is 23.7. The van der Waals surface area contributed by atoms with Crippen LogP contribution in [0.5, 0.6) is 0 Å². The van der Waals surface area contributed by atoms with Gasteiger partial charge in [0.05, 0.1) is 11.0 Å². The summed E-state index contributed by atoms with van der Waals surface area (Å²) >= 11 is 0. The van der Waals surface area contributed by atoms with Gasteiger partial charge in [0.1, 0.15) is 12.6 Å². The van der Waals surface area contributed by atoms with E-state index in [1.54, 1.807) is 0 Å². The summed E-state index contributed by atoms with van der Waals surface area (Å²) in [6.07, 6.45) is 11.2. The maximum absolute atomic E-state index is 12.3. The molecule has 0 unspecified atom stereocenters. The first-order valence-electron chi connectivity index (χ1n) is 17.8. The third-order valence-corrected chi connectivity index (χ3v) is 10.0. The Morgan fingerprint density at radius 3 is 1.29 bits per heavy atom. The molecule has 4 nitrogen and oxygen atoms in total. The molecule has 0 aliphatic heterocycles. The van der Waals surface area contributed by atoms with Gasteiger partial charge in [0, 0.05) is 67.9 Å². The summed E-state index contributed by atoms with van der Waals surface area (Å²) in [5.74, 6) is 0. The molecule has 0 spiro atoms. The van der Waals surface area contributed by atoms with Gasteiger partial charge in [-0.15, -0.1) is 0 Å². The second-order valence-corrected chi connectivity index (χ2v) is 13.1. The first kappa shape index (κ1) is 31.6. The van der Waals surface area contributed by atoms with Gasteiger partial charge in [0.25, 0.3) is 0 Å². The van der Waals surface area contributed by atoms with E-state index in [0.717, 1.165) is 84.3 Å². The number of aryl methyl sites for hydroxylation is 2. The van der Waals surface area contributed by atoms with E-state index < -0.39 is 0 Å². The third kappa shape index (κ3) is 5.53. The van der Waals surface area contributed by atoms with Crippen LogP contribution in [0.1, 0.15) is 85.9 Å². The number of benzene rings is 5. The van der Waals surface area contributed by atoms with Crippen LogP contribution >= 0.6 is 0 Å². The molecule has 48 heavy (non-hydrogen) atoms. The number of fused-ring (bicyclic) bond motifs is 6. The van der Waals surface area contributed by atoms with Crippen molar-refractivity contribution in [2.45, 2.75) is 78.3 Å². The van der Waals surface area contributed by atoms with E-state index in [2.05, 4.69) is 108 Å². The van der Waals surface area contributed by atoms with Gasteiger partial charge in [-0.1, -0.05) is 113 Å². The van der Waals surface area contributed by atoms with Crippen molar-refractivity contribution in [2.75, 3.05) is 0 Å². The molecule has 0 fully saturated rings. The number of hydrogen-bond acceptors (Lipinski definition) is 2. The van der Waals surface area contributed by atoms with Crippen molar-refractivity contribution in [1.82, 2.24) is 9.13 Å². The van der Waals surface area contributed by atoms with Crippen molar-refractivity contribution < 1.29 is 9.59 Å². The molecule has 0 saturated carbocycles. The van der Waals surface area contributed by atoms with Crippen LogP contribution in [0.25, 0.3) is 65.9 Å². The minimum atomic E-state index is 0.684. The van der Waals surface area contributed by atoms with Gasteiger partial charge in [-0.25, -0.2) is 0 Å². The van der Waals surface area contributed by atoms with Crippen LogP contribution in [0.4, 0.5) is 0 Å². The Kier molecular flexibility index (Phi) is 9.25. The summed E-state index contributed by atoms with van der Waals surface area (Å²) in [7, 11) is 0. The van der Waals surface area contributed by atoms with E-state index in [9.17, 15) is 9.59 Å². The molecule has 0 N–H and O–H groups in total. The van der Waals surface area contributed by atoms with Crippen molar-refractivity contribution in [3.63, 3.8) is 0 Å². The maximum atomic E-state index is 12.3. The van der Waals surface area contributed by atoms with Crippen molar-refractivity contribution in [2.24, 2.45) is 0 Å². The minimum absolute atomic E-state index is 0.684. The molecule has 242 valence electrons. The van der Waals surface area contributed by atoms with Crippen LogP contribution in [0.2, 0.25) is 0 Å². The molecule has 0 radical (unpaired) electrons. The van der Waals surface area contributed by atoms with Gasteiger partial charge >= 0.3 is 0 Å². The van der Waals surface area contributed by atoms with Gasteiger partial charge in [0.15, 0.2) is 0 Å². The zero-order chi connectivity index (χ0) is 33.0. The summed E-state index contributed by atoms with van der Waals surface area (Å²) in [6, 6.07) is 33.9. The number of aldehydes is 2. The number of carbonyl (C=O) groups excluding carboxylic acids is 2. The number of carbonyl (C=O) groups is 2. The van der Waals surface area contributed by atoms with E-state index in [4.69, 9.17) is 0 Å². The van der Waals surface area contributed by atoms with Crippen LogP contribution in [0, 0.1) is 0 Å². The Bertz CT molecular complexity index is 2080. The smallest absolute Gasteiger partial charge is 0.150 e. The zero-order valence-corrected chi connectivity index (χ0v) is 28.2. The molecular weight excluding hydrogens is 588 g/mol. The molecule has 2 heterocycles. The minimum Gasteiger partial charge on any atom is -0.340 e. The number of nitrogens with zero attached hydrogens (tertiary/aromatic N) is 2. The van der Waals surface area contributed by atoms with Crippen molar-refractivity contribution in [3.05, 3.63) is 108 Å². The summed E-state index contributed by atoms with van der Waals surface area (Å²) in [6.45, 7) is 6.28. The first-order valence-corrected chi connectivity index (χ1v) is 17.8. The monoisotopic (exact) mass is 632 g/mol. The third-order valence-electron chi connectivity index (χ3n) is 10.0. The average molecular weight is 633 g/mol. The fourth-order valence-corrected chi connectivity index (χ4v) is 7.78.